The van der Waals surface area contributed by atoms with E-state index >= 15 is 0 Å². The van der Waals surface area contributed by atoms with E-state index in [-0.39, 0.29) is 0 Å². The summed E-state index contributed by atoms with van der Waals surface area (Å²) in [6.45, 7) is 0. The van der Waals surface area contributed by atoms with Crippen LogP contribution in [0.1, 0.15) is 43.2 Å². The molecule has 4 rings (SSSR count). The lowest BCUT2D eigenvalue weighted by molar-refractivity contribution is 0.266. The molecule has 2 unspecified atom stereocenters. The predicted octanol–water partition coefficient (Wildman–Crippen LogP) is 4.01. The average Bonchev–Trinajstić information content (AvgIpc) is 3.00. The molecule has 1 aromatic rings. The van der Waals surface area contributed by atoms with E-state index in [1.807, 2.05) is 0 Å². The van der Waals surface area contributed by atoms with E-state index in [0.717, 1.165) is 11.7 Å². The van der Waals surface area contributed by atoms with Crippen LogP contribution < -0.4 is 4.74 Å². The average molecular weight is 240 g/mol. The van der Waals surface area contributed by atoms with Gasteiger partial charge in [0.05, 0.1) is 7.11 Å². The Hall–Kier alpha value is -1.24. The molecular weight excluding hydrogens is 220 g/mol. The van der Waals surface area contributed by atoms with Crippen LogP contribution in [0.3, 0.4) is 0 Å². The van der Waals surface area contributed by atoms with Gasteiger partial charge in [-0.1, -0.05) is 23.8 Å². The molecule has 1 fully saturated rings. The third-order valence-corrected chi connectivity index (χ3v) is 5.46. The molecule has 94 valence electrons. The van der Waals surface area contributed by atoms with Crippen molar-refractivity contribution in [2.45, 2.75) is 43.9 Å². The predicted molar refractivity (Wildman–Crippen MR) is 73.0 cm³/mol. The van der Waals surface area contributed by atoms with Gasteiger partial charge in [-0.3, -0.25) is 0 Å². The highest BCUT2D eigenvalue weighted by Gasteiger charge is 2.50. The highest BCUT2D eigenvalue weighted by Crippen LogP contribution is 2.59. The molecule has 18 heavy (non-hydrogen) atoms. The third kappa shape index (κ3) is 1.23. The molecule has 0 heterocycles. The van der Waals surface area contributed by atoms with Gasteiger partial charge in [0.1, 0.15) is 5.75 Å². The highest BCUT2D eigenvalue weighted by molar-refractivity contribution is 5.49. The van der Waals surface area contributed by atoms with Gasteiger partial charge < -0.3 is 4.74 Å². The molecule has 3 aliphatic carbocycles. The summed E-state index contributed by atoms with van der Waals surface area (Å²) in [6, 6.07) is 6.69. The number of rotatable bonds is 1. The van der Waals surface area contributed by atoms with Crippen molar-refractivity contribution in [3.05, 3.63) is 41.0 Å². The largest absolute Gasteiger partial charge is 0.496 e. The number of benzene rings is 1. The van der Waals surface area contributed by atoms with Gasteiger partial charge in [-0.25, -0.2) is 0 Å². The zero-order valence-corrected chi connectivity index (χ0v) is 11.0. The lowest BCUT2D eigenvalue weighted by Crippen LogP contribution is -2.35. The topological polar surface area (TPSA) is 9.23 Å². The summed E-state index contributed by atoms with van der Waals surface area (Å²) >= 11 is 0. The first-order valence-electron chi connectivity index (χ1n) is 7.18. The van der Waals surface area contributed by atoms with Gasteiger partial charge in [0, 0.05) is 5.41 Å². The van der Waals surface area contributed by atoms with Crippen molar-refractivity contribution in [3.8, 4) is 5.75 Å². The Morgan fingerprint density at radius 2 is 2.28 bits per heavy atom. The Morgan fingerprint density at radius 3 is 3.00 bits per heavy atom. The van der Waals surface area contributed by atoms with Gasteiger partial charge in [-0.2, -0.15) is 0 Å². The minimum atomic E-state index is 0.464. The zero-order valence-electron chi connectivity index (χ0n) is 11.0. The van der Waals surface area contributed by atoms with Gasteiger partial charge in [-0.05, 0) is 61.6 Å². The number of allylic oxidation sites excluding steroid dienone is 2. The molecule has 0 aromatic heterocycles. The van der Waals surface area contributed by atoms with Crippen molar-refractivity contribution in [2.75, 3.05) is 7.11 Å². The molecule has 3 aliphatic rings. The Morgan fingerprint density at radius 1 is 1.33 bits per heavy atom. The van der Waals surface area contributed by atoms with Gasteiger partial charge in [-0.15, -0.1) is 0 Å². The van der Waals surface area contributed by atoms with E-state index in [0.29, 0.717) is 5.41 Å². The van der Waals surface area contributed by atoms with Gasteiger partial charge in [0.25, 0.3) is 0 Å². The lowest BCUT2D eigenvalue weighted by atomic mass is 9.62. The van der Waals surface area contributed by atoms with Crippen LogP contribution in [0.25, 0.3) is 0 Å². The molecule has 0 radical (unpaired) electrons. The molecule has 1 saturated carbocycles. The van der Waals surface area contributed by atoms with E-state index in [1.165, 1.54) is 44.1 Å². The fraction of sp³-hybridized carbons (Fsp3) is 0.529. The van der Waals surface area contributed by atoms with Crippen LogP contribution in [-0.4, -0.2) is 7.11 Å². The number of hydrogen-bond donors (Lipinski definition) is 0. The second kappa shape index (κ2) is 3.63. The Balaban J connectivity index is 1.89. The Bertz CT molecular complexity index is 528. The first-order chi connectivity index (χ1) is 8.83. The minimum absolute atomic E-state index is 0.464. The second-order valence-electron chi connectivity index (χ2n) is 6.17. The van der Waals surface area contributed by atoms with Gasteiger partial charge >= 0.3 is 0 Å². The first-order valence-corrected chi connectivity index (χ1v) is 7.18. The minimum Gasteiger partial charge on any atom is -0.496 e. The van der Waals surface area contributed by atoms with Crippen molar-refractivity contribution in [2.24, 2.45) is 5.92 Å². The normalized spacial score (nSPS) is 32.5. The number of hydrogen-bond acceptors (Lipinski definition) is 1. The quantitative estimate of drug-likeness (QED) is 0.674. The van der Waals surface area contributed by atoms with E-state index in [1.54, 1.807) is 18.2 Å². The highest BCUT2D eigenvalue weighted by atomic mass is 16.5. The Kier molecular flexibility index (Phi) is 2.15. The number of ether oxygens (including phenoxy) is 1. The summed E-state index contributed by atoms with van der Waals surface area (Å²) in [5, 5.41) is 0. The molecule has 1 heteroatoms. The fourth-order valence-electron chi connectivity index (χ4n) is 4.71. The van der Waals surface area contributed by atoms with Crippen molar-refractivity contribution >= 4 is 0 Å². The lowest BCUT2D eigenvalue weighted by Gasteiger charge is -2.42. The number of methoxy groups -OCH3 is 1. The maximum absolute atomic E-state index is 5.58. The summed E-state index contributed by atoms with van der Waals surface area (Å²) in [5.41, 5.74) is 5.29. The van der Waals surface area contributed by atoms with Crippen molar-refractivity contribution in [1.29, 1.82) is 0 Å². The maximum atomic E-state index is 5.58. The standard InChI is InChI=1S/C17H20O/c1-18-16-6-2-5-15-14(16)4-3-9-17(15)11-12-7-8-13(17)10-12/h2,5-7,13H,3-4,8-11H2,1H3. The van der Waals surface area contributed by atoms with Gasteiger partial charge in [0.15, 0.2) is 0 Å². The van der Waals surface area contributed by atoms with E-state index in [4.69, 9.17) is 4.74 Å². The molecule has 0 N–H and O–H groups in total. The van der Waals surface area contributed by atoms with Gasteiger partial charge in [0.2, 0.25) is 0 Å². The van der Waals surface area contributed by atoms with E-state index in [9.17, 15) is 0 Å². The summed E-state index contributed by atoms with van der Waals surface area (Å²) in [5.74, 6) is 1.99. The Labute approximate surface area is 109 Å². The second-order valence-corrected chi connectivity index (χ2v) is 6.17. The SMILES string of the molecule is COc1cccc2c1CCCC21CC2=CCC1C2. The van der Waals surface area contributed by atoms with Crippen LogP contribution in [0.2, 0.25) is 0 Å². The molecule has 1 spiro atoms. The molecule has 1 aromatic carbocycles. The van der Waals surface area contributed by atoms with Crippen LogP contribution in [-0.2, 0) is 11.8 Å². The monoisotopic (exact) mass is 240 g/mol. The smallest absolute Gasteiger partial charge is 0.122 e. The molecular formula is C17H20O. The number of fused-ring (bicyclic) bond motifs is 5. The third-order valence-electron chi connectivity index (χ3n) is 5.46. The van der Waals surface area contributed by atoms with Crippen LogP contribution in [0, 0.1) is 5.92 Å². The van der Waals surface area contributed by atoms with Crippen molar-refractivity contribution < 1.29 is 4.74 Å². The summed E-state index contributed by atoms with van der Waals surface area (Å²) < 4.78 is 5.58. The molecule has 0 amide bonds. The van der Waals surface area contributed by atoms with Crippen molar-refractivity contribution in [3.63, 3.8) is 0 Å². The van der Waals surface area contributed by atoms with Crippen molar-refractivity contribution in [1.82, 2.24) is 0 Å². The van der Waals surface area contributed by atoms with Crippen LogP contribution in [0.5, 0.6) is 5.75 Å². The van der Waals surface area contributed by atoms with Crippen LogP contribution in [0.15, 0.2) is 29.8 Å². The molecule has 2 atom stereocenters. The zero-order chi connectivity index (χ0) is 12.2. The molecule has 0 saturated heterocycles. The summed E-state index contributed by atoms with van der Waals surface area (Å²) in [4.78, 5) is 0. The van der Waals surface area contributed by atoms with E-state index in [2.05, 4.69) is 24.3 Å². The fourth-order valence-corrected chi connectivity index (χ4v) is 4.71. The summed E-state index contributed by atoms with van der Waals surface area (Å²) in [7, 11) is 1.81. The molecule has 2 bridgehead atoms. The summed E-state index contributed by atoms with van der Waals surface area (Å²) in [6.07, 6.45) is 10.4. The maximum Gasteiger partial charge on any atom is 0.122 e. The first kappa shape index (κ1) is 10.7. The van der Waals surface area contributed by atoms with Crippen LogP contribution >= 0.6 is 0 Å². The van der Waals surface area contributed by atoms with Crippen LogP contribution in [0.4, 0.5) is 0 Å². The molecule has 0 aliphatic heterocycles. The van der Waals surface area contributed by atoms with E-state index < -0.39 is 0 Å². The molecule has 1 nitrogen and oxygen atoms in total.